The lowest BCUT2D eigenvalue weighted by Crippen LogP contribution is -2.61. The minimum absolute atomic E-state index is 0.0147. The fraction of sp³-hybridized carbons (Fsp3) is 0.864. The van der Waals surface area contributed by atoms with E-state index in [9.17, 15) is 14.4 Å². The van der Waals surface area contributed by atoms with Crippen LogP contribution in [-0.4, -0.2) is 23.6 Å². The van der Waals surface area contributed by atoms with Crippen LogP contribution in [0, 0.1) is 34.0 Å². The molecule has 0 aromatic rings. The first kappa shape index (κ1) is 18.2. The van der Waals surface area contributed by atoms with Gasteiger partial charge in [-0.05, 0) is 61.2 Å². The largest absolute Gasteiger partial charge is 0.463 e. The quantitative estimate of drug-likeness (QED) is 0.661. The first-order valence-electron chi connectivity index (χ1n) is 10.3. The van der Waals surface area contributed by atoms with Crippen molar-refractivity contribution in [1.29, 1.82) is 0 Å². The molecule has 0 saturated heterocycles. The van der Waals surface area contributed by atoms with E-state index in [0.29, 0.717) is 36.2 Å². The summed E-state index contributed by atoms with van der Waals surface area (Å²) in [6.07, 6.45) is 6.79. The molecule has 0 aromatic carbocycles. The third-order valence-electron chi connectivity index (χ3n) is 9.06. The molecule has 0 heterocycles. The van der Waals surface area contributed by atoms with Gasteiger partial charge in [0, 0.05) is 31.1 Å². The van der Waals surface area contributed by atoms with Crippen LogP contribution < -0.4 is 0 Å². The monoisotopic (exact) mass is 360 g/mol. The number of hydrogen-bond donors (Lipinski definition) is 0. The number of hydrogen-bond acceptors (Lipinski definition) is 4. The Bertz CT molecular complexity index is 669. The molecule has 4 aliphatic rings. The molecule has 4 rings (SSSR count). The van der Waals surface area contributed by atoms with E-state index in [0.717, 1.165) is 38.5 Å². The number of fused-ring (bicyclic) bond motifs is 5. The van der Waals surface area contributed by atoms with Crippen molar-refractivity contribution in [3.8, 4) is 0 Å². The molecule has 4 nitrogen and oxygen atoms in total. The van der Waals surface area contributed by atoms with Crippen molar-refractivity contribution in [2.75, 3.05) is 0 Å². The zero-order chi connectivity index (χ0) is 18.9. The Labute approximate surface area is 156 Å². The molecule has 7 atom stereocenters. The lowest BCUT2D eigenvalue weighted by molar-refractivity contribution is -0.186. The highest BCUT2D eigenvalue weighted by molar-refractivity contribution is 5.95. The summed E-state index contributed by atoms with van der Waals surface area (Å²) in [5, 5.41) is 0. The van der Waals surface area contributed by atoms with Crippen LogP contribution in [0.5, 0.6) is 0 Å². The SMILES string of the molecule is CC(=O)OC1CCC2(C)C3C(=O)CC4(C)C(=O)CCC4C3CCC2(C)C1. The number of Topliss-reactive ketones (excluding diaryl/α,β-unsaturated/α-hetero) is 2. The van der Waals surface area contributed by atoms with Crippen molar-refractivity contribution in [3.63, 3.8) is 0 Å². The predicted octanol–water partition coefficient (Wildman–Crippen LogP) is 4.10. The highest BCUT2D eigenvalue weighted by atomic mass is 16.5. The van der Waals surface area contributed by atoms with Gasteiger partial charge >= 0.3 is 5.97 Å². The van der Waals surface area contributed by atoms with Gasteiger partial charge in [0.2, 0.25) is 0 Å². The maximum Gasteiger partial charge on any atom is 0.302 e. The minimum Gasteiger partial charge on any atom is -0.463 e. The molecule has 144 valence electrons. The van der Waals surface area contributed by atoms with Gasteiger partial charge in [-0.15, -0.1) is 0 Å². The zero-order valence-electron chi connectivity index (χ0n) is 16.6. The molecule has 4 heteroatoms. The lowest BCUT2D eigenvalue weighted by Gasteiger charge is -2.63. The van der Waals surface area contributed by atoms with Gasteiger partial charge in [0.1, 0.15) is 17.7 Å². The van der Waals surface area contributed by atoms with Crippen molar-refractivity contribution >= 4 is 17.5 Å². The summed E-state index contributed by atoms with van der Waals surface area (Å²) in [6, 6.07) is 0. The van der Waals surface area contributed by atoms with E-state index >= 15 is 0 Å². The van der Waals surface area contributed by atoms with Crippen LogP contribution in [0.3, 0.4) is 0 Å². The van der Waals surface area contributed by atoms with Crippen LogP contribution >= 0.6 is 0 Å². The molecule has 4 fully saturated rings. The summed E-state index contributed by atoms with van der Waals surface area (Å²) in [6.45, 7) is 8.15. The van der Waals surface area contributed by atoms with Crippen LogP contribution in [0.2, 0.25) is 0 Å². The number of ether oxygens (including phenoxy) is 1. The van der Waals surface area contributed by atoms with E-state index in [1.807, 2.05) is 0 Å². The van der Waals surface area contributed by atoms with Crippen LogP contribution in [0.4, 0.5) is 0 Å². The normalized spacial score (nSPS) is 50.6. The number of rotatable bonds is 1. The Morgan fingerprint density at radius 2 is 1.81 bits per heavy atom. The standard InChI is InChI=1S/C22H32O4/c1-13(23)26-14-7-10-22(4)19-15(8-9-20(22,2)11-14)16-5-6-18(25)21(16,3)12-17(19)24/h14-16,19H,5-12H2,1-4H3. The Hall–Kier alpha value is -1.19. The van der Waals surface area contributed by atoms with Gasteiger partial charge in [-0.2, -0.15) is 0 Å². The summed E-state index contributed by atoms with van der Waals surface area (Å²) < 4.78 is 5.54. The van der Waals surface area contributed by atoms with Crippen molar-refractivity contribution in [3.05, 3.63) is 0 Å². The van der Waals surface area contributed by atoms with Crippen molar-refractivity contribution in [2.24, 2.45) is 34.0 Å². The molecule has 26 heavy (non-hydrogen) atoms. The fourth-order valence-corrected chi connectivity index (χ4v) is 7.49. The maximum absolute atomic E-state index is 13.3. The molecule has 0 amide bonds. The lowest BCUT2D eigenvalue weighted by atomic mass is 9.40. The molecule has 0 aromatic heterocycles. The van der Waals surface area contributed by atoms with Crippen molar-refractivity contribution in [2.45, 2.75) is 85.2 Å². The molecule has 7 unspecified atom stereocenters. The minimum atomic E-state index is -0.405. The van der Waals surface area contributed by atoms with E-state index in [1.165, 1.54) is 6.92 Å². The van der Waals surface area contributed by atoms with Crippen LogP contribution in [0.15, 0.2) is 0 Å². The van der Waals surface area contributed by atoms with Gasteiger partial charge in [-0.25, -0.2) is 0 Å². The topological polar surface area (TPSA) is 60.4 Å². The molecule has 0 N–H and O–H groups in total. The first-order valence-corrected chi connectivity index (χ1v) is 10.3. The summed E-state index contributed by atoms with van der Waals surface area (Å²) in [5.41, 5.74) is -0.424. The predicted molar refractivity (Wildman–Crippen MR) is 97.3 cm³/mol. The van der Waals surface area contributed by atoms with E-state index in [1.54, 1.807) is 0 Å². The third kappa shape index (κ3) is 2.29. The molecule has 0 radical (unpaired) electrons. The first-order chi connectivity index (χ1) is 12.1. The smallest absolute Gasteiger partial charge is 0.302 e. The number of carbonyl (C=O) groups is 3. The van der Waals surface area contributed by atoms with E-state index < -0.39 is 5.41 Å². The molecule has 0 bridgehead atoms. The summed E-state index contributed by atoms with van der Waals surface area (Å²) >= 11 is 0. The third-order valence-corrected chi connectivity index (χ3v) is 9.06. The number of carbonyl (C=O) groups excluding carboxylic acids is 3. The number of ketones is 2. The molecular weight excluding hydrogens is 328 g/mol. The molecule has 0 spiro atoms. The molecule has 0 aliphatic heterocycles. The zero-order valence-corrected chi connectivity index (χ0v) is 16.6. The molecule has 4 aliphatic carbocycles. The Kier molecular flexibility index (Phi) is 3.95. The Morgan fingerprint density at radius 3 is 2.50 bits per heavy atom. The van der Waals surface area contributed by atoms with Gasteiger partial charge in [0.05, 0.1) is 0 Å². The average Bonchev–Trinajstić information content (AvgIpc) is 2.82. The highest BCUT2D eigenvalue weighted by Gasteiger charge is 2.66. The van der Waals surface area contributed by atoms with Gasteiger partial charge < -0.3 is 4.74 Å². The van der Waals surface area contributed by atoms with Crippen LogP contribution in [0.1, 0.15) is 79.1 Å². The summed E-state index contributed by atoms with van der Waals surface area (Å²) in [4.78, 5) is 37.3. The molecular formula is C22H32O4. The van der Waals surface area contributed by atoms with Crippen molar-refractivity contribution < 1.29 is 19.1 Å². The average molecular weight is 360 g/mol. The second-order valence-corrected chi connectivity index (χ2v) is 10.3. The van der Waals surface area contributed by atoms with E-state index in [4.69, 9.17) is 4.74 Å². The molecule has 4 saturated carbocycles. The van der Waals surface area contributed by atoms with Crippen molar-refractivity contribution in [1.82, 2.24) is 0 Å². The summed E-state index contributed by atoms with van der Waals surface area (Å²) in [5.74, 6) is 1.24. The van der Waals surface area contributed by atoms with E-state index in [-0.39, 0.29) is 28.8 Å². The van der Waals surface area contributed by atoms with Gasteiger partial charge in [0.15, 0.2) is 0 Å². The van der Waals surface area contributed by atoms with Crippen LogP contribution in [-0.2, 0) is 19.1 Å². The number of esters is 1. The van der Waals surface area contributed by atoms with E-state index in [2.05, 4.69) is 20.8 Å². The highest BCUT2D eigenvalue weighted by Crippen LogP contribution is 2.68. The van der Waals surface area contributed by atoms with Gasteiger partial charge in [0.25, 0.3) is 0 Å². The fourth-order valence-electron chi connectivity index (χ4n) is 7.49. The van der Waals surface area contributed by atoms with Crippen LogP contribution in [0.25, 0.3) is 0 Å². The Balaban J connectivity index is 1.66. The maximum atomic E-state index is 13.3. The summed E-state index contributed by atoms with van der Waals surface area (Å²) in [7, 11) is 0. The second-order valence-electron chi connectivity index (χ2n) is 10.3. The second kappa shape index (κ2) is 5.65. The van der Waals surface area contributed by atoms with Gasteiger partial charge in [-0.1, -0.05) is 20.8 Å². The van der Waals surface area contributed by atoms with Gasteiger partial charge in [-0.3, -0.25) is 14.4 Å². The Morgan fingerprint density at radius 1 is 1.08 bits per heavy atom.